The van der Waals surface area contributed by atoms with E-state index in [2.05, 4.69) is 0 Å². The van der Waals surface area contributed by atoms with Crippen molar-refractivity contribution in [3.63, 3.8) is 0 Å². The second kappa shape index (κ2) is 9.05. The van der Waals surface area contributed by atoms with Crippen molar-refractivity contribution in [3.05, 3.63) is 135 Å². The summed E-state index contributed by atoms with van der Waals surface area (Å²) in [6.07, 6.45) is 3.59. The second-order valence-electron chi connectivity index (χ2n) is 10.5. The summed E-state index contributed by atoms with van der Waals surface area (Å²) in [5.41, 5.74) is 1.60. The number of benzene rings is 3. The summed E-state index contributed by atoms with van der Waals surface area (Å²) in [7, 11) is 1.56. The molecule has 1 fully saturated rings. The number of fused-ring (bicyclic) bond motifs is 6. The van der Waals surface area contributed by atoms with Gasteiger partial charge in [0, 0.05) is 13.2 Å². The molecule has 1 N–H and O–H groups in total. The topological polar surface area (TPSA) is 56.3 Å². The van der Waals surface area contributed by atoms with Crippen molar-refractivity contribution in [1.82, 2.24) is 14.9 Å². The zero-order valence-electron chi connectivity index (χ0n) is 21.7. The van der Waals surface area contributed by atoms with Crippen LogP contribution < -0.4 is 0 Å². The number of nitrogens with zero attached hydrogens (tertiary/aromatic N) is 3. The van der Waals surface area contributed by atoms with Crippen LogP contribution in [0.1, 0.15) is 27.8 Å². The number of aliphatic hydroxyl groups excluding tert-OH is 1. The van der Waals surface area contributed by atoms with Crippen LogP contribution in [0.2, 0.25) is 0 Å². The molecule has 0 saturated carbocycles. The van der Waals surface area contributed by atoms with E-state index in [9.17, 15) is 27.5 Å². The van der Waals surface area contributed by atoms with Gasteiger partial charge in [0.05, 0.1) is 6.67 Å². The predicted octanol–water partition coefficient (Wildman–Crippen LogP) is 4.70. The van der Waals surface area contributed by atoms with Crippen molar-refractivity contribution in [2.75, 3.05) is 13.7 Å². The highest BCUT2D eigenvalue weighted by molar-refractivity contribution is 5.94. The highest BCUT2D eigenvalue weighted by Gasteiger charge is 2.58. The van der Waals surface area contributed by atoms with Crippen LogP contribution in [0.5, 0.6) is 0 Å². The molecule has 7 rings (SSSR count). The highest BCUT2D eigenvalue weighted by atomic mass is 19.2. The maximum atomic E-state index is 14.8. The molecule has 2 atom stereocenters. The summed E-state index contributed by atoms with van der Waals surface area (Å²) in [6, 6.07) is 13.6. The van der Waals surface area contributed by atoms with Gasteiger partial charge in [-0.2, -0.15) is 5.01 Å². The second-order valence-corrected chi connectivity index (χ2v) is 10.5. The number of likely N-dealkylation sites (N-methyl/N-ethyl adjacent to an activating group) is 1. The lowest BCUT2D eigenvalue weighted by atomic mass is 9.82. The maximum absolute atomic E-state index is 14.8. The van der Waals surface area contributed by atoms with E-state index in [0.29, 0.717) is 27.8 Å². The number of carbonyl (C=O) groups is 1. The Bertz CT molecular complexity index is 1720. The van der Waals surface area contributed by atoms with E-state index in [1.165, 1.54) is 22.2 Å². The van der Waals surface area contributed by atoms with E-state index >= 15 is 0 Å². The number of halogens is 4. The van der Waals surface area contributed by atoms with Gasteiger partial charge in [-0.3, -0.25) is 9.80 Å². The standard InChI is InChI=1S/C31H23F4N3O3/c1-36-16-38(37-8-7-27(39)29(28(37)30(36)40)41-15-17-5-3-2-4-6-17)31-20(9-18-11-23(32)25(34)13-21(18)31)10-19-12-24(33)26(35)14-22(19)31/h2-9,11-14,27,39H,10,15-16H2,1H3. The smallest absolute Gasteiger partial charge is 0.276 e. The summed E-state index contributed by atoms with van der Waals surface area (Å²) < 4.78 is 64.5. The van der Waals surface area contributed by atoms with Crippen LogP contribution in [0.4, 0.5) is 17.6 Å². The zero-order valence-corrected chi connectivity index (χ0v) is 21.7. The Morgan fingerprint density at radius 1 is 0.976 bits per heavy atom. The Morgan fingerprint density at radius 2 is 1.66 bits per heavy atom. The predicted molar refractivity (Wildman–Crippen MR) is 140 cm³/mol. The quantitative estimate of drug-likeness (QED) is 0.468. The molecule has 0 radical (unpaired) electrons. The van der Waals surface area contributed by atoms with Gasteiger partial charge in [-0.1, -0.05) is 36.4 Å². The number of hydrogen-bond acceptors (Lipinski definition) is 5. The average molecular weight is 562 g/mol. The number of aliphatic hydroxyl groups is 1. The van der Waals surface area contributed by atoms with Crippen LogP contribution in [0.15, 0.2) is 83.9 Å². The van der Waals surface area contributed by atoms with E-state index in [-0.39, 0.29) is 31.2 Å². The number of hydrazine groups is 1. The summed E-state index contributed by atoms with van der Waals surface area (Å²) in [5, 5.41) is 14.1. The molecule has 41 heavy (non-hydrogen) atoms. The molecule has 2 unspecified atom stereocenters. The molecule has 2 heterocycles. The largest absolute Gasteiger partial charge is 0.488 e. The fraction of sp³-hybridized carbons (Fsp3) is 0.194. The van der Waals surface area contributed by atoms with E-state index < -0.39 is 40.8 Å². The lowest BCUT2D eigenvalue weighted by molar-refractivity contribution is -0.153. The lowest BCUT2D eigenvalue weighted by Gasteiger charge is -2.53. The van der Waals surface area contributed by atoms with E-state index in [1.54, 1.807) is 18.1 Å². The van der Waals surface area contributed by atoms with Crippen molar-refractivity contribution >= 4 is 12.0 Å². The van der Waals surface area contributed by atoms with Gasteiger partial charge in [-0.05, 0) is 70.2 Å². The molecular formula is C31H23F4N3O3. The highest BCUT2D eigenvalue weighted by Crippen LogP contribution is 2.57. The normalized spacial score (nSPS) is 22.9. The van der Waals surface area contributed by atoms with Gasteiger partial charge >= 0.3 is 0 Å². The van der Waals surface area contributed by atoms with E-state index in [0.717, 1.165) is 29.8 Å². The Hall–Kier alpha value is -4.41. The Balaban J connectivity index is 1.43. The maximum Gasteiger partial charge on any atom is 0.276 e. The Labute approximate surface area is 232 Å². The third-order valence-electron chi connectivity index (χ3n) is 8.11. The van der Waals surface area contributed by atoms with Crippen LogP contribution in [0, 0.1) is 23.3 Å². The number of rotatable bonds is 4. The van der Waals surface area contributed by atoms with Crippen LogP contribution in [0.3, 0.4) is 0 Å². The first-order valence-corrected chi connectivity index (χ1v) is 13.0. The van der Waals surface area contributed by atoms with Gasteiger partial charge in [0.2, 0.25) is 0 Å². The molecule has 0 spiro atoms. The van der Waals surface area contributed by atoms with Gasteiger partial charge in [-0.15, -0.1) is 0 Å². The first-order valence-electron chi connectivity index (χ1n) is 13.0. The Morgan fingerprint density at radius 3 is 2.41 bits per heavy atom. The summed E-state index contributed by atoms with van der Waals surface area (Å²) >= 11 is 0. The minimum absolute atomic E-state index is 0.00634. The number of hydrogen-bond donors (Lipinski definition) is 1. The summed E-state index contributed by atoms with van der Waals surface area (Å²) in [6.45, 7) is 0.0231. The summed E-state index contributed by atoms with van der Waals surface area (Å²) in [4.78, 5) is 15.0. The third-order valence-corrected chi connectivity index (χ3v) is 8.11. The molecule has 4 aliphatic rings. The molecule has 3 aromatic carbocycles. The molecule has 0 aromatic heterocycles. The summed E-state index contributed by atoms with van der Waals surface area (Å²) in [5.74, 6) is -4.68. The van der Waals surface area contributed by atoms with Gasteiger partial charge in [0.15, 0.2) is 34.7 Å². The third kappa shape index (κ3) is 3.60. The monoisotopic (exact) mass is 561 g/mol. The fourth-order valence-electron chi connectivity index (χ4n) is 6.33. The molecule has 10 heteroatoms. The zero-order chi connectivity index (χ0) is 28.6. The van der Waals surface area contributed by atoms with Crippen molar-refractivity contribution in [2.24, 2.45) is 0 Å². The van der Waals surface area contributed by atoms with Gasteiger partial charge < -0.3 is 14.7 Å². The molecule has 1 saturated heterocycles. The van der Waals surface area contributed by atoms with Crippen molar-refractivity contribution < 1.29 is 32.2 Å². The number of carbonyl (C=O) groups excluding carboxylic acids is 1. The molecule has 0 bridgehead atoms. The van der Waals surface area contributed by atoms with Crippen LogP contribution in [-0.2, 0) is 28.1 Å². The fourth-order valence-corrected chi connectivity index (χ4v) is 6.33. The molecular weight excluding hydrogens is 538 g/mol. The minimum atomic E-state index is -1.41. The number of amides is 1. The molecule has 2 aliphatic carbocycles. The molecule has 3 aromatic rings. The van der Waals surface area contributed by atoms with Crippen LogP contribution in [0.25, 0.3) is 6.08 Å². The number of ether oxygens (including phenoxy) is 1. The molecule has 6 nitrogen and oxygen atoms in total. The lowest BCUT2D eigenvalue weighted by Crippen LogP contribution is -2.63. The first kappa shape index (κ1) is 25.6. The SMILES string of the molecule is CN1CN(C23C(=Cc4cc(F)c(F)cc42)Cc2cc(F)c(F)cc23)N2C=CC(O)C(OCc3ccccc3)=C2C1=O. The molecule has 1 amide bonds. The molecule has 208 valence electrons. The minimum Gasteiger partial charge on any atom is -0.488 e. The van der Waals surface area contributed by atoms with E-state index in [4.69, 9.17) is 4.74 Å². The Kier molecular flexibility index (Phi) is 5.64. The van der Waals surface area contributed by atoms with Crippen molar-refractivity contribution in [3.8, 4) is 0 Å². The molecule has 2 aliphatic heterocycles. The van der Waals surface area contributed by atoms with Crippen LogP contribution >= 0.6 is 0 Å². The van der Waals surface area contributed by atoms with Gasteiger partial charge in [0.1, 0.15) is 18.2 Å². The average Bonchev–Trinajstić information content (AvgIpc) is 3.41. The van der Waals surface area contributed by atoms with Crippen molar-refractivity contribution in [2.45, 2.75) is 24.7 Å². The van der Waals surface area contributed by atoms with Gasteiger partial charge in [0.25, 0.3) is 5.91 Å². The van der Waals surface area contributed by atoms with Crippen molar-refractivity contribution in [1.29, 1.82) is 0 Å². The van der Waals surface area contributed by atoms with Crippen LogP contribution in [-0.4, -0.2) is 45.8 Å². The van der Waals surface area contributed by atoms with Gasteiger partial charge in [-0.25, -0.2) is 17.6 Å². The van der Waals surface area contributed by atoms with E-state index in [1.807, 2.05) is 30.3 Å². The first-order chi connectivity index (χ1) is 19.7.